The number of carbonyl (C=O) groups is 1. The third kappa shape index (κ3) is 2.36. The van der Waals surface area contributed by atoms with E-state index in [0.29, 0.717) is 5.69 Å². The minimum absolute atomic E-state index is 0.320. The lowest BCUT2D eigenvalue weighted by Crippen LogP contribution is -2.04. The molecule has 4 heteroatoms. The normalized spacial score (nSPS) is 10.5. The lowest BCUT2D eigenvalue weighted by Gasteiger charge is -2.02. The number of hydrogen-bond donors (Lipinski definition) is 1. The molecule has 2 aromatic rings. The van der Waals surface area contributed by atoms with Gasteiger partial charge in [-0.25, -0.2) is 4.79 Å². The van der Waals surface area contributed by atoms with Crippen molar-refractivity contribution in [3.05, 3.63) is 47.8 Å². The number of hydrogen-bond acceptors (Lipinski definition) is 2. The number of nitrogens with zero attached hydrogens (tertiary/aromatic N) is 1. The summed E-state index contributed by atoms with van der Waals surface area (Å²) in [6.45, 7) is 1.93. The molecule has 0 fully saturated rings. The summed E-state index contributed by atoms with van der Waals surface area (Å²) in [5.41, 5.74) is 1.29. The molecule has 17 heavy (non-hydrogen) atoms. The van der Waals surface area contributed by atoms with Gasteiger partial charge >= 0.3 is 5.97 Å². The SMILES string of the molecule is Cc1c(Sc2ccccc2)cc(C(=O)O)n1C. The summed E-state index contributed by atoms with van der Waals surface area (Å²) in [6, 6.07) is 11.6. The van der Waals surface area contributed by atoms with Crippen LogP contribution in [0.3, 0.4) is 0 Å². The van der Waals surface area contributed by atoms with Crippen LogP contribution in [0.15, 0.2) is 46.2 Å². The topological polar surface area (TPSA) is 42.2 Å². The van der Waals surface area contributed by atoms with Crippen LogP contribution in [0.25, 0.3) is 0 Å². The van der Waals surface area contributed by atoms with Gasteiger partial charge in [0, 0.05) is 22.5 Å². The van der Waals surface area contributed by atoms with Gasteiger partial charge in [0.1, 0.15) is 5.69 Å². The second kappa shape index (κ2) is 4.67. The summed E-state index contributed by atoms with van der Waals surface area (Å²) in [5, 5.41) is 9.04. The second-order valence-corrected chi connectivity index (χ2v) is 4.87. The maximum Gasteiger partial charge on any atom is 0.352 e. The summed E-state index contributed by atoms with van der Waals surface area (Å²) in [5.74, 6) is -0.893. The van der Waals surface area contributed by atoms with Crippen molar-refractivity contribution in [3.8, 4) is 0 Å². The number of carboxylic acid groups (broad SMARTS) is 1. The average molecular weight is 247 g/mol. The monoisotopic (exact) mass is 247 g/mol. The molecule has 0 saturated carbocycles. The molecule has 0 aliphatic heterocycles. The molecule has 0 radical (unpaired) electrons. The largest absolute Gasteiger partial charge is 0.477 e. The Morgan fingerprint density at radius 3 is 2.47 bits per heavy atom. The Kier molecular flexibility index (Phi) is 3.24. The Labute approximate surface area is 104 Å². The van der Waals surface area contributed by atoms with Gasteiger partial charge in [0.2, 0.25) is 0 Å². The minimum atomic E-state index is -0.893. The molecule has 1 heterocycles. The Morgan fingerprint density at radius 1 is 1.29 bits per heavy atom. The number of aromatic carboxylic acids is 1. The standard InChI is InChI=1S/C13H13NO2S/c1-9-12(8-11(13(15)16)14(9)2)17-10-6-4-3-5-7-10/h3-8H,1-2H3,(H,15,16). The van der Waals surface area contributed by atoms with Crippen LogP contribution in [-0.4, -0.2) is 15.6 Å². The van der Waals surface area contributed by atoms with E-state index in [-0.39, 0.29) is 0 Å². The van der Waals surface area contributed by atoms with Crippen LogP contribution < -0.4 is 0 Å². The van der Waals surface area contributed by atoms with Gasteiger partial charge in [-0.2, -0.15) is 0 Å². The zero-order chi connectivity index (χ0) is 12.4. The zero-order valence-electron chi connectivity index (χ0n) is 9.68. The van der Waals surface area contributed by atoms with Crippen LogP contribution in [0, 0.1) is 6.92 Å². The van der Waals surface area contributed by atoms with Crippen LogP contribution in [0.5, 0.6) is 0 Å². The molecule has 1 aromatic heterocycles. The smallest absolute Gasteiger partial charge is 0.352 e. The van der Waals surface area contributed by atoms with E-state index in [1.165, 1.54) is 0 Å². The number of carboxylic acids is 1. The molecule has 0 saturated heterocycles. The van der Waals surface area contributed by atoms with Crippen LogP contribution in [0.4, 0.5) is 0 Å². The van der Waals surface area contributed by atoms with Crippen LogP contribution in [-0.2, 0) is 7.05 Å². The van der Waals surface area contributed by atoms with Gasteiger partial charge in [-0.05, 0) is 25.1 Å². The van der Waals surface area contributed by atoms with Crippen LogP contribution >= 0.6 is 11.8 Å². The van der Waals surface area contributed by atoms with Crippen molar-refractivity contribution in [1.29, 1.82) is 0 Å². The van der Waals surface area contributed by atoms with Crippen molar-refractivity contribution >= 4 is 17.7 Å². The van der Waals surface area contributed by atoms with Gasteiger partial charge in [-0.1, -0.05) is 30.0 Å². The fraction of sp³-hybridized carbons (Fsp3) is 0.154. The van der Waals surface area contributed by atoms with Crippen molar-refractivity contribution < 1.29 is 9.90 Å². The first-order valence-corrected chi connectivity index (χ1v) is 6.03. The number of rotatable bonds is 3. The molecule has 0 aliphatic carbocycles. The fourth-order valence-electron chi connectivity index (χ4n) is 1.60. The first-order valence-electron chi connectivity index (χ1n) is 5.22. The van der Waals surface area contributed by atoms with Gasteiger partial charge in [-0.15, -0.1) is 0 Å². The molecule has 0 amide bonds. The molecule has 0 atom stereocenters. The van der Waals surface area contributed by atoms with E-state index in [9.17, 15) is 4.79 Å². The Hall–Kier alpha value is -1.68. The maximum absolute atomic E-state index is 11.0. The third-order valence-electron chi connectivity index (χ3n) is 2.68. The molecule has 2 rings (SSSR count). The van der Waals surface area contributed by atoms with Crippen molar-refractivity contribution in [2.75, 3.05) is 0 Å². The molecule has 0 spiro atoms. The van der Waals surface area contributed by atoms with Crippen LogP contribution in [0.2, 0.25) is 0 Å². The lowest BCUT2D eigenvalue weighted by atomic mass is 10.4. The summed E-state index contributed by atoms with van der Waals surface area (Å²) >= 11 is 1.58. The van der Waals surface area contributed by atoms with E-state index in [1.807, 2.05) is 37.3 Å². The minimum Gasteiger partial charge on any atom is -0.477 e. The molecule has 3 nitrogen and oxygen atoms in total. The molecule has 0 bridgehead atoms. The van der Waals surface area contributed by atoms with E-state index >= 15 is 0 Å². The van der Waals surface area contributed by atoms with E-state index in [0.717, 1.165) is 15.5 Å². The quantitative estimate of drug-likeness (QED) is 0.905. The summed E-state index contributed by atoms with van der Waals surface area (Å²) < 4.78 is 1.70. The maximum atomic E-state index is 11.0. The Bertz CT molecular complexity index is 546. The fourth-order valence-corrected chi connectivity index (χ4v) is 2.60. The van der Waals surface area contributed by atoms with E-state index in [2.05, 4.69) is 0 Å². The summed E-state index contributed by atoms with van der Waals surface area (Å²) in [4.78, 5) is 13.1. The van der Waals surface area contributed by atoms with Crippen molar-refractivity contribution in [3.63, 3.8) is 0 Å². The van der Waals surface area contributed by atoms with Gasteiger partial charge in [0.25, 0.3) is 0 Å². The molecular formula is C13H13NO2S. The van der Waals surface area contributed by atoms with Gasteiger partial charge in [0.05, 0.1) is 0 Å². The van der Waals surface area contributed by atoms with Crippen molar-refractivity contribution in [1.82, 2.24) is 4.57 Å². The van der Waals surface area contributed by atoms with Crippen molar-refractivity contribution in [2.24, 2.45) is 7.05 Å². The van der Waals surface area contributed by atoms with E-state index in [4.69, 9.17) is 5.11 Å². The predicted molar refractivity (Wildman–Crippen MR) is 67.7 cm³/mol. The third-order valence-corrected chi connectivity index (χ3v) is 3.82. The zero-order valence-corrected chi connectivity index (χ0v) is 10.5. The summed E-state index contributed by atoms with van der Waals surface area (Å²) in [6.07, 6.45) is 0. The highest BCUT2D eigenvalue weighted by Gasteiger charge is 2.14. The number of benzene rings is 1. The Balaban J connectivity index is 2.34. The summed E-state index contributed by atoms with van der Waals surface area (Å²) in [7, 11) is 1.77. The average Bonchev–Trinajstić information content (AvgIpc) is 2.59. The highest BCUT2D eigenvalue weighted by atomic mass is 32.2. The first kappa shape index (κ1) is 11.8. The Morgan fingerprint density at radius 2 is 1.94 bits per heavy atom. The van der Waals surface area contributed by atoms with Crippen LogP contribution in [0.1, 0.15) is 16.2 Å². The van der Waals surface area contributed by atoms with Gasteiger partial charge in [-0.3, -0.25) is 0 Å². The molecule has 1 aromatic carbocycles. The van der Waals surface area contributed by atoms with E-state index in [1.54, 1.807) is 29.4 Å². The van der Waals surface area contributed by atoms with E-state index < -0.39 is 5.97 Å². The second-order valence-electron chi connectivity index (χ2n) is 3.76. The number of aromatic nitrogens is 1. The molecule has 0 unspecified atom stereocenters. The predicted octanol–water partition coefficient (Wildman–Crippen LogP) is 3.18. The highest BCUT2D eigenvalue weighted by molar-refractivity contribution is 7.99. The highest BCUT2D eigenvalue weighted by Crippen LogP contribution is 2.31. The molecule has 0 aliphatic rings. The van der Waals surface area contributed by atoms with Crippen molar-refractivity contribution in [2.45, 2.75) is 16.7 Å². The molecular weight excluding hydrogens is 234 g/mol. The first-order chi connectivity index (χ1) is 8.09. The van der Waals surface area contributed by atoms with Gasteiger partial charge < -0.3 is 9.67 Å². The van der Waals surface area contributed by atoms with Gasteiger partial charge in [0.15, 0.2) is 0 Å². The lowest BCUT2D eigenvalue weighted by molar-refractivity contribution is 0.0686. The molecule has 88 valence electrons. The molecule has 1 N–H and O–H groups in total.